The Morgan fingerprint density at radius 1 is 1.41 bits per heavy atom. The molecule has 5 heteroatoms. The molecule has 1 N–H and O–H groups in total. The summed E-state index contributed by atoms with van der Waals surface area (Å²) in [6.45, 7) is 10.5. The van der Waals surface area contributed by atoms with E-state index < -0.39 is 0 Å². The van der Waals surface area contributed by atoms with E-state index in [9.17, 15) is 4.79 Å². The van der Waals surface area contributed by atoms with Crippen LogP contribution in [0.1, 0.15) is 25.2 Å². The smallest absolute Gasteiger partial charge is 0.315 e. The molecule has 0 bridgehead atoms. The second kappa shape index (κ2) is 6.31. The highest BCUT2D eigenvalue weighted by molar-refractivity contribution is 9.10. The van der Waals surface area contributed by atoms with Gasteiger partial charge in [0.15, 0.2) is 0 Å². The molecule has 0 aliphatic carbocycles. The van der Waals surface area contributed by atoms with Crippen molar-refractivity contribution in [3.8, 4) is 0 Å². The number of aryl methyl sites for hydroxylation is 1. The van der Waals surface area contributed by atoms with Gasteiger partial charge in [-0.3, -0.25) is 4.57 Å². The van der Waals surface area contributed by atoms with Crippen molar-refractivity contribution in [2.24, 2.45) is 5.92 Å². The summed E-state index contributed by atoms with van der Waals surface area (Å²) in [6.07, 6.45) is 0. The predicted molar refractivity (Wildman–Crippen MR) is 73.4 cm³/mol. The molecule has 0 fully saturated rings. The highest BCUT2D eigenvalue weighted by Crippen LogP contribution is 2.16. The first kappa shape index (κ1) is 14.4. The molecule has 96 valence electrons. The molecule has 0 saturated carbocycles. The molecule has 0 aromatic carbocycles. The van der Waals surface area contributed by atoms with Crippen LogP contribution in [0.2, 0.25) is 0 Å². The molecule has 1 rings (SSSR count). The summed E-state index contributed by atoms with van der Waals surface area (Å²) in [5.41, 5.74) is 1.52. The minimum atomic E-state index is -0.172. The van der Waals surface area contributed by atoms with E-state index in [1.807, 2.05) is 13.8 Å². The fourth-order valence-electron chi connectivity index (χ4n) is 1.62. The molecular weight excluding hydrogens is 282 g/mol. The van der Waals surface area contributed by atoms with Crippen LogP contribution in [0, 0.1) is 19.8 Å². The van der Waals surface area contributed by atoms with E-state index in [1.165, 1.54) is 0 Å². The van der Waals surface area contributed by atoms with Crippen LogP contribution in [-0.2, 0) is 6.54 Å². The minimum Gasteiger partial charge on any atom is -0.315 e. The highest BCUT2D eigenvalue weighted by Gasteiger charge is 2.08. The first-order valence-corrected chi connectivity index (χ1v) is 6.67. The fraction of sp³-hybridized carbons (Fsp3) is 0.667. The van der Waals surface area contributed by atoms with Crippen molar-refractivity contribution in [2.45, 2.75) is 34.2 Å². The maximum Gasteiger partial charge on any atom is 0.348 e. The van der Waals surface area contributed by atoms with Gasteiger partial charge in [0.25, 0.3) is 0 Å². The third kappa shape index (κ3) is 3.92. The number of rotatable bonds is 5. The summed E-state index contributed by atoms with van der Waals surface area (Å²) in [5, 5.41) is 3.32. The van der Waals surface area contributed by atoms with Crippen molar-refractivity contribution in [3.63, 3.8) is 0 Å². The standard InChI is InChI=1S/C12H20BrN3O/c1-8(2)7-14-5-6-16-10(4)11(13)9(3)15-12(16)17/h8,14H,5-7H2,1-4H3. The SMILES string of the molecule is Cc1nc(=O)n(CCNCC(C)C)c(C)c1Br. The number of aromatic nitrogens is 2. The van der Waals surface area contributed by atoms with Crippen molar-refractivity contribution < 1.29 is 0 Å². The molecule has 17 heavy (non-hydrogen) atoms. The molecule has 0 unspecified atom stereocenters. The second-order valence-corrected chi connectivity index (χ2v) is 5.42. The Morgan fingerprint density at radius 2 is 2.06 bits per heavy atom. The average molecular weight is 302 g/mol. The third-order valence-corrected chi connectivity index (χ3v) is 3.75. The summed E-state index contributed by atoms with van der Waals surface area (Å²) in [7, 11) is 0. The Balaban J connectivity index is 2.72. The fourth-order valence-corrected chi connectivity index (χ4v) is 1.92. The molecule has 1 aromatic rings. The lowest BCUT2D eigenvalue weighted by atomic mass is 10.2. The van der Waals surface area contributed by atoms with Gasteiger partial charge >= 0.3 is 5.69 Å². The number of hydrogen-bond donors (Lipinski definition) is 1. The Hall–Kier alpha value is -0.680. The van der Waals surface area contributed by atoms with Gasteiger partial charge in [-0.15, -0.1) is 0 Å². The van der Waals surface area contributed by atoms with Crippen molar-refractivity contribution >= 4 is 15.9 Å². The van der Waals surface area contributed by atoms with Crippen LogP contribution in [0.4, 0.5) is 0 Å². The van der Waals surface area contributed by atoms with E-state index in [1.54, 1.807) is 4.57 Å². The maximum absolute atomic E-state index is 11.7. The summed E-state index contributed by atoms with van der Waals surface area (Å²) >= 11 is 3.45. The van der Waals surface area contributed by atoms with Crippen LogP contribution in [-0.4, -0.2) is 22.6 Å². The van der Waals surface area contributed by atoms with Crippen LogP contribution in [0.25, 0.3) is 0 Å². The van der Waals surface area contributed by atoms with E-state index in [0.717, 1.165) is 29.0 Å². The molecule has 4 nitrogen and oxygen atoms in total. The van der Waals surface area contributed by atoms with E-state index in [4.69, 9.17) is 0 Å². The lowest BCUT2D eigenvalue weighted by molar-refractivity contribution is 0.510. The Kier molecular flexibility index (Phi) is 5.33. The van der Waals surface area contributed by atoms with Gasteiger partial charge in [-0.05, 0) is 42.2 Å². The van der Waals surface area contributed by atoms with Crippen LogP contribution >= 0.6 is 15.9 Å². The molecule has 0 atom stereocenters. The summed E-state index contributed by atoms with van der Waals surface area (Å²) in [5.74, 6) is 0.621. The zero-order chi connectivity index (χ0) is 13.0. The minimum absolute atomic E-state index is 0.172. The topological polar surface area (TPSA) is 46.9 Å². The lowest BCUT2D eigenvalue weighted by Gasteiger charge is -2.13. The first-order chi connectivity index (χ1) is 7.93. The summed E-state index contributed by atoms with van der Waals surface area (Å²) in [6, 6.07) is 0. The van der Waals surface area contributed by atoms with Crippen LogP contribution < -0.4 is 11.0 Å². The molecule has 1 heterocycles. The molecule has 0 saturated heterocycles. The number of halogens is 1. The lowest BCUT2D eigenvalue weighted by Crippen LogP contribution is -2.32. The zero-order valence-electron chi connectivity index (χ0n) is 10.9. The quantitative estimate of drug-likeness (QED) is 0.845. The second-order valence-electron chi connectivity index (χ2n) is 4.63. The average Bonchev–Trinajstić information content (AvgIpc) is 2.24. The van der Waals surface area contributed by atoms with Crippen LogP contribution in [0.5, 0.6) is 0 Å². The maximum atomic E-state index is 11.7. The summed E-state index contributed by atoms with van der Waals surface area (Å²) in [4.78, 5) is 15.7. The van der Waals surface area contributed by atoms with E-state index in [0.29, 0.717) is 12.5 Å². The van der Waals surface area contributed by atoms with E-state index in [2.05, 4.69) is 40.1 Å². The Labute approximate surface area is 111 Å². The predicted octanol–water partition coefficient (Wildman–Crippen LogP) is 1.87. The van der Waals surface area contributed by atoms with Crippen molar-refractivity contribution in [1.29, 1.82) is 0 Å². The molecular formula is C12H20BrN3O. The summed E-state index contributed by atoms with van der Waals surface area (Å²) < 4.78 is 2.62. The van der Waals surface area contributed by atoms with Crippen LogP contribution in [0.15, 0.2) is 9.27 Å². The monoisotopic (exact) mass is 301 g/mol. The van der Waals surface area contributed by atoms with Crippen molar-refractivity contribution in [2.75, 3.05) is 13.1 Å². The van der Waals surface area contributed by atoms with E-state index in [-0.39, 0.29) is 5.69 Å². The molecule has 0 radical (unpaired) electrons. The van der Waals surface area contributed by atoms with Gasteiger partial charge in [0, 0.05) is 18.8 Å². The van der Waals surface area contributed by atoms with Crippen molar-refractivity contribution in [3.05, 3.63) is 26.3 Å². The Morgan fingerprint density at radius 3 is 2.65 bits per heavy atom. The highest BCUT2D eigenvalue weighted by atomic mass is 79.9. The number of nitrogens with one attached hydrogen (secondary N) is 1. The van der Waals surface area contributed by atoms with E-state index >= 15 is 0 Å². The van der Waals surface area contributed by atoms with Crippen LogP contribution in [0.3, 0.4) is 0 Å². The van der Waals surface area contributed by atoms with Gasteiger partial charge in [-0.1, -0.05) is 13.8 Å². The van der Waals surface area contributed by atoms with Gasteiger partial charge in [0.2, 0.25) is 0 Å². The molecule has 0 spiro atoms. The molecule has 1 aromatic heterocycles. The molecule has 0 aliphatic heterocycles. The van der Waals surface area contributed by atoms with Gasteiger partial charge in [0.1, 0.15) is 0 Å². The number of hydrogen-bond acceptors (Lipinski definition) is 3. The first-order valence-electron chi connectivity index (χ1n) is 5.87. The van der Waals surface area contributed by atoms with Gasteiger partial charge in [0.05, 0.1) is 10.2 Å². The van der Waals surface area contributed by atoms with Gasteiger partial charge < -0.3 is 5.32 Å². The molecule has 0 aliphatic rings. The normalized spacial score (nSPS) is 11.2. The van der Waals surface area contributed by atoms with Gasteiger partial charge in [-0.25, -0.2) is 4.79 Å². The third-order valence-electron chi connectivity index (χ3n) is 2.60. The zero-order valence-corrected chi connectivity index (χ0v) is 12.5. The largest absolute Gasteiger partial charge is 0.348 e. The van der Waals surface area contributed by atoms with Gasteiger partial charge in [-0.2, -0.15) is 4.98 Å². The number of nitrogens with zero attached hydrogens (tertiary/aromatic N) is 2. The Bertz CT molecular complexity index is 440. The molecule has 0 amide bonds. The van der Waals surface area contributed by atoms with Crippen molar-refractivity contribution in [1.82, 2.24) is 14.9 Å².